The van der Waals surface area contributed by atoms with Crippen molar-refractivity contribution in [3.63, 3.8) is 0 Å². The monoisotopic (exact) mass is 326 g/mol. The first-order valence-corrected chi connectivity index (χ1v) is 6.07. The molecule has 0 aliphatic rings. The highest BCUT2D eigenvalue weighted by Crippen LogP contribution is 2.21. The molecule has 0 heterocycles. The fourth-order valence-corrected chi connectivity index (χ4v) is 1.49. The summed E-state index contributed by atoms with van der Waals surface area (Å²) in [7, 11) is 1.73. The third kappa shape index (κ3) is 7.77. The van der Waals surface area contributed by atoms with Gasteiger partial charge in [-0.1, -0.05) is 13.0 Å². The summed E-state index contributed by atoms with van der Waals surface area (Å²) < 4.78 is 40.7. The van der Waals surface area contributed by atoms with Crippen molar-refractivity contribution in [3.05, 3.63) is 24.3 Å². The molecule has 0 aliphatic carbocycles. The van der Waals surface area contributed by atoms with Crippen molar-refractivity contribution < 1.29 is 22.7 Å². The van der Waals surface area contributed by atoms with E-state index in [9.17, 15) is 18.0 Å². The SMILES string of the molecule is CNCC(C)C(=O)Nc1cccc(OCC(F)(F)F)c1.Cl. The predicted molar refractivity (Wildman–Crippen MR) is 77.0 cm³/mol. The van der Waals surface area contributed by atoms with Gasteiger partial charge >= 0.3 is 6.18 Å². The van der Waals surface area contributed by atoms with Crippen molar-refractivity contribution in [1.29, 1.82) is 0 Å². The van der Waals surface area contributed by atoms with Gasteiger partial charge in [0.1, 0.15) is 5.75 Å². The van der Waals surface area contributed by atoms with Crippen LogP contribution in [0.2, 0.25) is 0 Å². The van der Waals surface area contributed by atoms with Crippen molar-refractivity contribution in [2.75, 3.05) is 25.5 Å². The highest BCUT2D eigenvalue weighted by Gasteiger charge is 2.28. The van der Waals surface area contributed by atoms with Gasteiger partial charge in [0.15, 0.2) is 6.61 Å². The van der Waals surface area contributed by atoms with Gasteiger partial charge in [-0.05, 0) is 19.2 Å². The predicted octanol–water partition coefficient (Wildman–Crippen LogP) is 2.84. The number of anilines is 1. The molecule has 0 saturated carbocycles. The molecule has 4 nitrogen and oxygen atoms in total. The molecule has 0 fully saturated rings. The van der Waals surface area contributed by atoms with Gasteiger partial charge in [0.05, 0.1) is 0 Å². The van der Waals surface area contributed by atoms with E-state index in [0.717, 1.165) is 0 Å². The molecule has 21 heavy (non-hydrogen) atoms. The first-order chi connectivity index (χ1) is 9.31. The maximum atomic E-state index is 12.0. The summed E-state index contributed by atoms with van der Waals surface area (Å²) in [6.45, 7) is 0.895. The molecular weight excluding hydrogens is 309 g/mol. The van der Waals surface area contributed by atoms with Gasteiger partial charge in [-0.3, -0.25) is 4.79 Å². The average molecular weight is 327 g/mol. The molecule has 120 valence electrons. The number of rotatable bonds is 6. The number of hydrogen-bond donors (Lipinski definition) is 2. The van der Waals surface area contributed by atoms with Crippen LogP contribution >= 0.6 is 12.4 Å². The standard InChI is InChI=1S/C13H17F3N2O2.ClH/c1-9(7-17-2)12(19)18-10-4-3-5-11(6-10)20-8-13(14,15)16;/h3-6,9,17H,7-8H2,1-2H3,(H,18,19);1H. The van der Waals surface area contributed by atoms with E-state index in [1.165, 1.54) is 18.2 Å². The van der Waals surface area contributed by atoms with Gasteiger partial charge in [0.25, 0.3) is 0 Å². The lowest BCUT2D eigenvalue weighted by molar-refractivity contribution is -0.153. The highest BCUT2D eigenvalue weighted by atomic mass is 35.5. The van der Waals surface area contributed by atoms with Crippen molar-refractivity contribution >= 4 is 24.0 Å². The highest BCUT2D eigenvalue weighted by molar-refractivity contribution is 5.92. The molecule has 0 radical (unpaired) electrons. The number of alkyl halides is 3. The second kappa shape index (κ2) is 8.74. The van der Waals surface area contributed by atoms with Crippen LogP contribution in [-0.2, 0) is 4.79 Å². The van der Waals surface area contributed by atoms with Gasteiger partial charge in [-0.15, -0.1) is 12.4 Å². The minimum absolute atomic E-state index is 0. The normalized spacial score (nSPS) is 12.2. The number of ether oxygens (including phenoxy) is 1. The van der Waals surface area contributed by atoms with Crippen LogP contribution in [-0.4, -0.2) is 32.3 Å². The number of benzene rings is 1. The number of halogens is 4. The average Bonchev–Trinajstić information content (AvgIpc) is 2.36. The zero-order chi connectivity index (χ0) is 15.2. The Bertz CT molecular complexity index is 455. The van der Waals surface area contributed by atoms with E-state index in [1.54, 1.807) is 20.0 Å². The quantitative estimate of drug-likeness (QED) is 0.845. The third-order valence-electron chi connectivity index (χ3n) is 2.46. The topological polar surface area (TPSA) is 50.4 Å². The molecule has 0 aromatic heterocycles. The smallest absolute Gasteiger partial charge is 0.422 e. The minimum Gasteiger partial charge on any atom is -0.484 e. The zero-order valence-corrected chi connectivity index (χ0v) is 12.5. The molecule has 1 unspecified atom stereocenters. The van der Waals surface area contributed by atoms with E-state index in [-0.39, 0.29) is 30.0 Å². The van der Waals surface area contributed by atoms with Gasteiger partial charge in [0.2, 0.25) is 5.91 Å². The number of nitrogens with one attached hydrogen (secondary N) is 2. The lowest BCUT2D eigenvalue weighted by Gasteiger charge is -2.13. The van der Waals surface area contributed by atoms with E-state index >= 15 is 0 Å². The number of amides is 1. The lowest BCUT2D eigenvalue weighted by atomic mass is 10.1. The van der Waals surface area contributed by atoms with Crippen molar-refractivity contribution in [1.82, 2.24) is 5.32 Å². The molecule has 0 bridgehead atoms. The van der Waals surface area contributed by atoms with Crippen LogP contribution in [0.5, 0.6) is 5.75 Å². The number of hydrogen-bond acceptors (Lipinski definition) is 3. The lowest BCUT2D eigenvalue weighted by Crippen LogP contribution is -2.28. The van der Waals surface area contributed by atoms with Crippen LogP contribution in [0.4, 0.5) is 18.9 Å². The van der Waals surface area contributed by atoms with Gasteiger partial charge in [0, 0.05) is 24.2 Å². The maximum absolute atomic E-state index is 12.0. The first kappa shape index (κ1) is 19.5. The van der Waals surface area contributed by atoms with Crippen LogP contribution in [0.15, 0.2) is 24.3 Å². The third-order valence-corrected chi connectivity index (χ3v) is 2.46. The summed E-state index contributed by atoms with van der Waals surface area (Å²) in [5.74, 6) is -0.409. The van der Waals surface area contributed by atoms with E-state index in [1.807, 2.05) is 0 Å². The van der Waals surface area contributed by atoms with Crippen molar-refractivity contribution in [2.45, 2.75) is 13.1 Å². The second-order valence-corrected chi connectivity index (χ2v) is 4.38. The Kier molecular flexibility index (Phi) is 8.12. The molecule has 1 atom stereocenters. The van der Waals surface area contributed by atoms with Gasteiger partial charge in [-0.2, -0.15) is 13.2 Å². The van der Waals surface area contributed by atoms with Crippen molar-refractivity contribution in [3.8, 4) is 5.75 Å². The van der Waals surface area contributed by atoms with E-state index in [4.69, 9.17) is 0 Å². The number of carbonyl (C=O) groups is 1. The summed E-state index contributed by atoms with van der Waals surface area (Å²) in [5.41, 5.74) is 0.401. The largest absolute Gasteiger partial charge is 0.484 e. The van der Waals surface area contributed by atoms with Gasteiger partial charge < -0.3 is 15.4 Å². The Labute approximate surface area is 127 Å². The first-order valence-electron chi connectivity index (χ1n) is 6.07. The molecule has 8 heteroatoms. The van der Waals surface area contributed by atoms with Gasteiger partial charge in [-0.25, -0.2) is 0 Å². The number of carbonyl (C=O) groups excluding carboxylic acids is 1. The Hall–Kier alpha value is -1.47. The molecule has 0 aliphatic heterocycles. The van der Waals surface area contributed by atoms with Crippen LogP contribution in [0, 0.1) is 5.92 Å². The summed E-state index contributed by atoms with van der Waals surface area (Å²) in [6.07, 6.45) is -4.39. The maximum Gasteiger partial charge on any atom is 0.422 e. The summed E-state index contributed by atoms with van der Waals surface area (Å²) >= 11 is 0. The van der Waals surface area contributed by atoms with E-state index < -0.39 is 12.8 Å². The summed E-state index contributed by atoms with van der Waals surface area (Å²) in [6, 6.07) is 5.86. The summed E-state index contributed by atoms with van der Waals surface area (Å²) in [5, 5.41) is 5.50. The van der Waals surface area contributed by atoms with Crippen LogP contribution in [0.25, 0.3) is 0 Å². The fraction of sp³-hybridized carbons (Fsp3) is 0.462. The molecule has 0 spiro atoms. The van der Waals surface area contributed by atoms with Crippen LogP contribution < -0.4 is 15.4 Å². The Morgan fingerprint density at radius 2 is 2.05 bits per heavy atom. The van der Waals surface area contributed by atoms with E-state index in [2.05, 4.69) is 15.4 Å². The molecular formula is C13H18ClF3N2O2. The molecule has 1 amide bonds. The molecule has 1 rings (SSSR count). The van der Waals surface area contributed by atoms with Crippen LogP contribution in [0.3, 0.4) is 0 Å². The molecule has 0 saturated heterocycles. The Morgan fingerprint density at radius 3 is 2.62 bits per heavy atom. The molecule has 2 N–H and O–H groups in total. The molecule has 1 aromatic rings. The summed E-state index contributed by atoms with van der Waals surface area (Å²) in [4.78, 5) is 11.8. The second-order valence-electron chi connectivity index (χ2n) is 4.38. The zero-order valence-electron chi connectivity index (χ0n) is 11.7. The minimum atomic E-state index is -4.39. The fourth-order valence-electron chi connectivity index (χ4n) is 1.49. The van der Waals surface area contributed by atoms with Crippen LogP contribution in [0.1, 0.15) is 6.92 Å². The molecule has 1 aromatic carbocycles. The van der Waals surface area contributed by atoms with Crippen molar-refractivity contribution in [2.24, 2.45) is 5.92 Å². The van der Waals surface area contributed by atoms with E-state index in [0.29, 0.717) is 12.2 Å². The Balaban J connectivity index is 0.00000400. The Morgan fingerprint density at radius 1 is 1.38 bits per heavy atom.